The normalized spacial score (nSPS) is 13.0. The molecule has 0 amide bonds. The first kappa shape index (κ1) is 52.1. The van der Waals surface area contributed by atoms with Crippen LogP contribution in [-0.2, 0) is 19.1 Å². The number of carbonyl (C=O) groups excluding carboxylic acids is 2. The first-order valence-electron chi connectivity index (χ1n) is 22.6. The van der Waals surface area contributed by atoms with E-state index in [0.717, 1.165) is 89.9 Å². The minimum atomic E-state index is -0.776. The van der Waals surface area contributed by atoms with Gasteiger partial charge in [-0.3, -0.25) is 9.59 Å². The second kappa shape index (κ2) is 45.5. The molecule has 0 aliphatic heterocycles. The summed E-state index contributed by atoms with van der Waals surface area (Å²) in [7, 11) is 0. The van der Waals surface area contributed by atoms with Crippen molar-refractivity contribution in [3.05, 3.63) is 85.1 Å². The number of carbonyl (C=O) groups is 2. The summed E-state index contributed by atoms with van der Waals surface area (Å²) in [5.74, 6) is -0.602. The van der Waals surface area contributed by atoms with Crippen LogP contribution in [0.15, 0.2) is 85.1 Å². The Bertz CT molecular complexity index is 1050. The lowest BCUT2D eigenvalue weighted by Gasteiger charge is -2.15. The highest BCUT2D eigenvalue weighted by Gasteiger charge is 2.16. The SMILES string of the molecule is CC/C=C\C/C=C\C/C=C\C/C=C\C/C=C\C/C=C\C/C=C\CCCCCCCCCCCC(=O)OC(CO)COC(=O)CCCCCCCCCCCC. The summed E-state index contributed by atoms with van der Waals surface area (Å²) in [5.41, 5.74) is 0. The fourth-order valence-corrected chi connectivity index (χ4v) is 6.06. The zero-order chi connectivity index (χ0) is 40.0. The Morgan fingerprint density at radius 1 is 0.436 bits per heavy atom. The monoisotopic (exact) mass is 765 g/mol. The molecule has 314 valence electrons. The molecule has 5 heteroatoms. The molecule has 0 aromatic rings. The van der Waals surface area contributed by atoms with Crippen LogP contribution in [0.5, 0.6) is 0 Å². The van der Waals surface area contributed by atoms with Crippen molar-refractivity contribution in [2.45, 2.75) is 206 Å². The number of hydrogen-bond acceptors (Lipinski definition) is 5. The van der Waals surface area contributed by atoms with Crippen molar-refractivity contribution in [3.63, 3.8) is 0 Å². The summed E-state index contributed by atoms with van der Waals surface area (Å²) in [6.07, 6.45) is 62.4. The Hall–Kier alpha value is -2.92. The molecule has 1 atom stereocenters. The fraction of sp³-hybridized carbons (Fsp3) is 0.680. The first-order valence-corrected chi connectivity index (χ1v) is 22.6. The fourth-order valence-electron chi connectivity index (χ4n) is 6.06. The van der Waals surface area contributed by atoms with E-state index in [-0.39, 0.29) is 25.2 Å². The second-order valence-corrected chi connectivity index (χ2v) is 14.8. The van der Waals surface area contributed by atoms with Crippen LogP contribution in [0, 0.1) is 0 Å². The maximum Gasteiger partial charge on any atom is 0.306 e. The lowest BCUT2D eigenvalue weighted by molar-refractivity contribution is -0.161. The largest absolute Gasteiger partial charge is 0.462 e. The minimum Gasteiger partial charge on any atom is -0.462 e. The van der Waals surface area contributed by atoms with Gasteiger partial charge in [0.05, 0.1) is 6.61 Å². The van der Waals surface area contributed by atoms with Gasteiger partial charge < -0.3 is 14.6 Å². The molecule has 0 heterocycles. The first-order chi connectivity index (χ1) is 27.1. The van der Waals surface area contributed by atoms with Gasteiger partial charge in [0.25, 0.3) is 0 Å². The third-order valence-corrected chi connectivity index (χ3v) is 9.45. The second-order valence-electron chi connectivity index (χ2n) is 14.8. The lowest BCUT2D eigenvalue weighted by Crippen LogP contribution is -2.28. The van der Waals surface area contributed by atoms with Crippen LogP contribution in [-0.4, -0.2) is 36.4 Å². The predicted octanol–water partition coefficient (Wildman–Crippen LogP) is 14.7. The van der Waals surface area contributed by atoms with Crippen molar-refractivity contribution >= 4 is 11.9 Å². The molecule has 0 spiro atoms. The molecule has 5 nitrogen and oxygen atoms in total. The number of aliphatic hydroxyl groups excluding tert-OH is 1. The average Bonchev–Trinajstić information content (AvgIpc) is 3.19. The number of ether oxygens (including phenoxy) is 2. The molecule has 0 saturated heterocycles. The van der Waals surface area contributed by atoms with Gasteiger partial charge in [-0.05, 0) is 70.6 Å². The van der Waals surface area contributed by atoms with Gasteiger partial charge in [0.15, 0.2) is 6.10 Å². The number of aliphatic hydroxyl groups is 1. The Morgan fingerprint density at radius 3 is 1.18 bits per heavy atom. The maximum absolute atomic E-state index is 12.2. The van der Waals surface area contributed by atoms with Crippen molar-refractivity contribution in [2.75, 3.05) is 13.2 Å². The highest BCUT2D eigenvalue weighted by atomic mass is 16.6. The van der Waals surface area contributed by atoms with Gasteiger partial charge in [0.2, 0.25) is 0 Å². The summed E-state index contributed by atoms with van der Waals surface area (Å²) >= 11 is 0. The van der Waals surface area contributed by atoms with Crippen LogP contribution in [0.25, 0.3) is 0 Å². The Balaban J connectivity index is 3.57. The summed E-state index contributed by atoms with van der Waals surface area (Å²) in [4.78, 5) is 24.2. The molecule has 0 radical (unpaired) electrons. The molecular weight excluding hydrogens is 681 g/mol. The van der Waals surface area contributed by atoms with E-state index in [2.05, 4.69) is 98.9 Å². The standard InChI is InChI=1S/C50H84O5/c1-3-5-7-9-11-13-15-16-17-18-19-20-21-22-23-24-25-26-27-28-29-30-31-32-33-34-35-37-39-41-43-45-50(53)55-48(46-51)47-54-49(52)44-42-40-38-36-14-12-10-8-6-4-2/h5,7,11,13,16-17,19-20,22-23,25-26,28-29,48,51H,3-4,6,8-10,12,14-15,18,21,24,27,30-47H2,1-2H3/b7-5-,13-11-,17-16-,20-19-,23-22-,26-25-,29-28-. The summed E-state index contributed by atoms with van der Waals surface area (Å²) in [6, 6.07) is 0. The van der Waals surface area contributed by atoms with Crippen LogP contribution in [0.3, 0.4) is 0 Å². The number of unbranched alkanes of at least 4 members (excludes halogenated alkanes) is 18. The Labute approximate surface area is 339 Å². The van der Waals surface area contributed by atoms with Gasteiger partial charge >= 0.3 is 11.9 Å². The molecule has 0 rings (SSSR count). The highest BCUT2D eigenvalue weighted by molar-refractivity contribution is 5.70. The van der Waals surface area contributed by atoms with Crippen LogP contribution < -0.4 is 0 Å². The van der Waals surface area contributed by atoms with Gasteiger partial charge in [0, 0.05) is 12.8 Å². The minimum absolute atomic E-state index is 0.0700. The molecule has 55 heavy (non-hydrogen) atoms. The Morgan fingerprint density at radius 2 is 0.782 bits per heavy atom. The number of allylic oxidation sites excluding steroid dienone is 14. The number of rotatable bonds is 40. The van der Waals surface area contributed by atoms with E-state index in [1.54, 1.807) is 0 Å². The van der Waals surface area contributed by atoms with E-state index in [9.17, 15) is 14.7 Å². The zero-order valence-corrected chi connectivity index (χ0v) is 35.7. The third-order valence-electron chi connectivity index (χ3n) is 9.45. The van der Waals surface area contributed by atoms with Crippen molar-refractivity contribution in [3.8, 4) is 0 Å². The molecule has 0 saturated carbocycles. The maximum atomic E-state index is 12.2. The molecular formula is C50H84O5. The average molecular weight is 765 g/mol. The van der Waals surface area contributed by atoms with Crippen molar-refractivity contribution in [1.82, 2.24) is 0 Å². The molecule has 0 aliphatic rings. The van der Waals surface area contributed by atoms with E-state index in [0.29, 0.717) is 12.8 Å². The Kier molecular flexibility index (Phi) is 43.1. The molecule has 1 unspecified atom stereocenters. The van der Waals surface area contributed by atoms with Gasteiger partial charge in [0.1, 0.15) is 6.61 Å². The molecule has 0 aromatic carbocycles. The number of hydrogen-bond donors (Lipinski definition) is 1. The van der Waals surface area contributed by atoms with Crippen LogP contribution in [0.2, 0.25) is 0 Å². The zero-order valence-electron chi connectivity index (χ0n) is 35.7. The van der Waals surface area contributed by atoms with Crippen LogP contribution >= 0.6 is 0 Å². The van der Waals surface area contributed by atoms with E-state index in [4.69, 9.17) is 9.47 Å². The van der Waals surface area contributed by atoms with Gasteiger partial charge in [-0.15, -0.1) is 0 Å². The van der Waals surface area contributed by atoms with Crippen molar-refractivity contribution < 1.29 is 24.2 Å². The van der Waals surface area contributed by atoms with Crippen LogP contribution in [0.1, 0.15) is 200 Å². The number of esters is 2. The predicted molar refractivity (Wildman–Crippen MR) is 237 cm³/mol. The molecule has 0 aromatic heterocycles. The van der Waals surface area contributed by atoms with Gasteiger partial charge in [-0.1, -0.05) is 202 Å². The topological polar surface area (TPSA) is 72.8 Å². The van der Waals surface area contributed by atoms with Crippen molar-refractivity contribution in [2.24, 2.45) is 0 Å². The smallest absolute Gasteiger partial charge is 0.306 e. The van der Waals surface area contributed by atoms with E-state index in [1.165, 1.54) is 83.5 Å². The molecule has 0 bridgehead atoms. The van der Waals surface area contributed by atoms with Gasteiger partial charge in [-0.2, -0.15) is 0 Å². The van der Waals surface area contributed by atoms with E-state index >= 15 is 0 Å². The highest BCUT2D eigenvalue weighted by Crippen LogP contribution is 2.14. The third kappa shape index (κ3) is 43.7. The molecule has 0 fully saturated rings. The van der Waals surface area contributed by atoms with E-state index in [1.807, 2.05) is 0 Å². The van der Waals surface area contributed by atoms with Gasteiger partial charge in [-0.25, -0.2) is 0 Å². The van der Waals surface area contributed by atoms with E-state index < -0.39 is 6.10 Å². The van der Waals surface area contributed by atoms with Crippen molar-refractivity contribution in [1.29, 1.82) is 0 Å². The lowest BCUT2D eigenvalue weighted by atomic mass is 10.1. The summed E-state index contributed by atoms with van der Waals surface area (Å²) in [6.45, 7) is 4.00. The van der Waals surface area contributed by atoms with Crippen LogP contribution in [0.4, 0.5) is 0 Å². The summed E-state index contributed by atoms with van der Waals surface area (Å²) < 4.78 is 10.6. The quantitative estimate of drug-likeness (QED) is 0.0382. The molecule has 0 aliphatic carbocycles. The molecule has 1 N–H and O–H groups in total. The summed E-state index contributed by atoms with van der Waals surface area (Å²) in [5, 5.41) is 9.56.